The highest BCUT2D eigenvalue weighted by Gasteiger charge is 2.15. The van der Waals surface area contributed by atoms with Crippen molar-refractivity contribution in [1.82, 2.24) is 29.7 Å². The number of fused-ring (bicyclic) bond motifs is 1. The number of aryl methyl sites for hydroxylation is 1. The molecule has 1 aliphatic heterocycles. The van der Waals surface area contributed by atoms with Gasteiger partial charge in [-0.1, -0.05) is 12.1 Å². The summed E-state index contributed by atoms with van der Waals surface area (Å²) in [6.45, 7) is 1.86. The van der Waals surface area contributed by atoms with Crippen LogP contribution in [0.3, 0.4) is 0 Å². The molecule has 0 radical (unpaired) electrons. The molecule has 5 rings (SSSR count). The van der Waals surface area contributed by atoms with E-state index in [9.17, 15) is 5.26 Å². The third-order valence-corrected chi connectivity index (χ3v) is 5.24. The molecule has 0 atom stereocenters. The van der Waals surface area contributed by atoms with Crippen LogP contribution in [0, 0.1) is 11.3 Å². The molecule has 30 heavy (non-hydrogen) atoms. The predicted molar refractivity (Wildman–Crippen MR) is 118 cm³/mol. The maximum atomic E-state index is 9.55. The van der Waals surface area contributed by atoms with Crippen LogP contribution in [0.15, 0.2) is 55.3 Å². The minimum Gasteiger partial charge on any atom is -0.313 e. The van der Waals surface area contributed by atoms with E-state index in [4.69, 9.17) is 4.98 Å². The van der Waals surface area contributed by atoms with Crippen molar-refractivity contribution in [3.63, 3.8) is 0 Å². The summed E-state index contributed by atoms with van der Waals surface area (Å²) in [6.07, 6.45) is 12.4. The zero-order valence-electron chi connectivity index (χ0n) is 16.4. The van der Waals surface area contributed by atoms with E-state index in [1.807, 2.05) is 31.8 Å². The molecule has 7 nitrogen and oxygen atoms in total. The van der Waals surface area contributed by atoms with Gasteiger partial charge >= 0.3 is 0 Å². The molecular formula is C22H20ClN7. The zero-order chi connectivity index (χ0) is 19.8. The van der Waals surface area contributed by atoms with Crippen molar-refractivity contribution in [2.45, 2.75) is 6.42 Å². The molecule has 0 saturated carbocycles. The second kappa shape index (κ2) is 8.11. The number of hydrogen-bond acceptors (Lipinski definition) is 5. The normalized spacial score (nSPS) is 13.5. The molecule has 0 spiro atoms. The highest BCUT2D eigenvalue weighted by atomic mass is 35.5. The van der Waals surface area contributed by atoms with Gasteiger partial charge in [0.1, 0.15) is 6.07 Å². The second-order valence-electron chi connectivity index (χ2n) is 7.12. The average Bonchev–Trinajstić information content (AvgIpc) is 3.40. The highest BCUT2D eigenvalue weighted by Crippen LogP contribution is 2.32. The molecule has 1 N–H and O–H groups in total. The smallest absolute Gasteiger partial charge is 0.103 e. The Bertz CT molecular complexity index is 1280. The van der Waals surface area contributed by atoms with Gasteiger partial charge in [-0.2, -0.15) is 15.5 Å². The number of pyridine rings is 2. The summed E-state index contributed by atoms with van der Waals surface area (Å²) < 4.78 is 3.53. The fourth-order valence-corrected chi connectivity index (χ4v) is 3.75. The van der Waals surface area contributed by atoms with Gasteiger partial charge in [0.05, 0.1) is 29.2 Å². The van der Waals surface area contributed by atoms with E-state index in [1.165, 1.54) is 5.57 Å². The van der Waals surface area contributed by atoms with Gasteiger partial charge in [-0.15, -0.1) is 12.4 Å². The van der Waals surface area contributed by atoms with Crippen LogP contribution in [0.25, 0.3) is 33.3 Å². The van der Waals surface area contributed by atoms with Crippen LogP contribution in [-0.2, 0) is 7.05 Å². The van der Waals surface area contributed by atoms with Crippen molar-refractivity contribution in [2.24, 2.45) is 7.05 Å². The van der Waals surface area contributed by atoms with Crippen molar-refractivity contribution in [3.8, 4) is 28.3 Å². The molecule has 0 unspecified atom stereocenters. The fraction of sp³-hybridized carbons (Fsp3) is 0.182. The quantitative estimate of drug-likeness (QED) is 0.551. The molecule has 5 heterocycles. The Morgan fingerprint density at radius 2 is 1.97 bits per heavy atom. The number of nitriles is 1. The van der Waals surface area contributed by atoms with Gasteiger partial charge in [0.2, 0.25) is 0 Å². The van der Waals surface area contributed by atoms with E-state index >= 15 is 0 Å². The first-order valence-electron chi connectivity index (χ1n) is 9.50. The standard InChI is InChI=1S/C22H19N7.ClH/c1-28-13-19(12-26-28)17-8-20(22-18(9-23)11-27-29(22)14-17)16-2-3-21(25-10-16)15-4-6-24-7-5-15;/h2-4,8,10-14,24H,5-7H2,1H3;1H. The molecule has 150 valence electrons. The summed E-state index contributed by atoms with van der Waals surface area (Å²) in [7, 11) is 1.89. The molecule has 0 amide bonds. The molecule has 0 aliphatic carbocycles. The van der Waals surface area contributed by atoms with Crippen molar-refractivity contribution in [1.29, 1.82) is 5.26 Å². The number of nitrogens with one attached hydrogen (secondary N) is 1. The predicted octanol–water partition coefficient (Wildman–Crippen LogP) is 3.47. The monoisotopic (exact) mass is 417 g/mol. The Morgan fingerprint density at radius 1 is 1.07 bits per heavy atom. The number of rotatable bonds is 3. The molecule has 0 fully saturated rings. The number of halogens is 1. The minimum atomic E-state index is 0. The van der Waals surface area contributed by atoms with Crippen molar-refractivity contribution in [3.05, 3.63) is 66.5 Å². The van der Waals surface area contributed by atoms with Gasteiger partial charge in [0.25, 0.3) is 0 Å². The van der Waals surface area contributed by atoms with Gasteiger partial charge in [-0.3, -0.25) is 9.67 Å². The third-order valence-electron chi connectivity index (χ3n) is 5.24. The number of hydrogen-bond donors (Lipinski definition) is 1. The summed E-state index contributed by atoms with van der Waals surface area (Å²) in [5.74, 6) is 0. The van der Waals surface area contributed by atoms with Gasteiger partial charge in [0.15, 0.2) is 0 Å². The van der Waals surface area contributed by atoms with E-state index in [0.29, 0.717) is 5.56 Å². The summed E-state index contributed by atoms with van der Waals surface area (Å²) >= 11 is 0. The Balaban J connectivity index is 0.00000218. The van der Waals surface area contributed by atoms with Crippen LogP contribution in [0.5, 0.6) is 0 Å². The summed E-state index contributed by atoms with van der Waals surface area (Å²) in [4.78, 5) is 4.71. The maximum absolute atomic E-state index is 9.55. The molecular weight excluding hydrogens is 398 g/mol. The van der Waals surface area contributed by atoms with Crippen LogP contribution < -0.4 is 5.32 Å². The Labute approximate surface area is 180 Å². The first-order chi connectivity index (χ1) is 14.2. The van der Waals surface area contributed by atoms with Crippen molar-refractivity contribution in [2.75, 3.05) is 13.1 Å². The van der Waals surface area contributed by atoms with Crippen molar-refractivity contribution < 1.29 is 0 Å². The number of nitrogens with zero attached hydrogens (tertiary/aromatic N) is 6. The van der Waals surface area contributed by atoms with Gasteiger partial charge in [-0.05, 0) is 30.7 Å². The fourth-order valence-electron chi connectivity index (χ4n) is 3.75. The Hall–Kier alpha value is -3.47. The van der Waals surface area contributed by atoms with E-state index < -0.39 is 0 Å². The topological polar surface area (TPSA) is 83.8 Å². The zero-order valence-corrected chi connectivity index (χ0v) is 17.2. The van der Waals surface area contributed by atoms with Crippen LogP contribution in [0.4, 0.5) is 0 Å². The Kier molecular flexibility index (Phi) is 5.36. The molecule has 8 heteroatoms. The van der Waals surface area contributed by atoms with Crippen LogP contribution in [0.2, 0.25) is 0 Å². The first kappa shape index (κ1) is 19.8. The van der Waals surface area contributed by atoms with E-state index in [0.717, 1.165) is 53.0 Å². The molecule has 4 aromatic heterocycles. The summed E-state index contributed by atoms with van der Waals surface area (Å²) in [5.41, 5.74) is 7.47. The largest absolute Gasteiger partial charge is 0.313 e. The third kappa shape index (κ3) is 3.47. The molecule has 0 bridgehead atoms. The lowest BCUT2D eigenvalue weighted by atomic mass is 10.00. The lowest BCUT2D eigenvalue weighted by molar-refractivity contribution is 0.737. The summed E-state index contributed by atoms with van der Waals surface area (Å²) in [5, 5.41) is 21.5. The van der Waals surface area contributed by atoms with Crippen molar-refractivity contribution >= 4 is 23.5 Å². The lowest BCUT2D eigenvalue weighted by Crippen LogP contribution is -2.20. The molecule has 4 aromatic rings. The SMILES string of the molecule is Cl.Cn1cc(-c2cc(-c3ccc(C4=CCNCC4)nc3)c3c(C#N)cnn3c2)cn1. The lowest BCUT2D eigenvalue weighted by Gasteiger charge is -2.14. The molecule has 0 saturated heterocycles. The van der Waals surface area contributed by atoms with Gasteiger partial charge in [0, 0.05) is 54.4 Å². The van der Waals surface area contributed by atoms with Crippen LogP contribution in [-0.4, -0.2) is 37.5 Å². The second-order valence-corrected chi connectivity index (χ2v) is 7.12. The van der Waals surface area contributed by atoms with E-state index in [2.05, 4.69) is 45.9 Å². The first-order valence-corrected chi connectivity index (χ1v) is 9.50. The average molecular weight is 418 g/mol. The summed E-state index contributed by atoms with van der Waals surface area (Å²) in [6, 6.07) is 8.46. The van der Waals surface area contributed by atoms with E-state index in [1.54, 1.807) is 15.4 Å². The molecule has 1 aliphatic rings. The van der Waals surface area contributed by atoms with E-state index in [-0.39, 0.29) is 12.4 Å². The van der Waals surface area contributed by atoms with Gasteiger partial charge in [-0.25, -0.2) is 4.52 Å². The molecule has 0 aromatic carbocycles. The maximum Gasteiger partial charge on any atom is 0.103 e. The number of aromatic nitrogens is 5. The van der Waals surface area contributed by atoms with Crippen LogP contribution >= 0.6 is 12.4 Å². The Morgan fingerprint density at radius 3 is 2.63 bits per heavy atom. The minimum absolute atomic E-state index is 0. The van der Waals surface area contributed by atoms with Gasteiger partial charge < -0.3 is 5.32 Å². The highest BCUT2D eigenvalue weighted by molar-refractivity contribution is 5.87. The van der Waals surface area contributed by atoms with Crippen LogP contribution in [0.1, 0.15) is 17.7 Å².